The average Bonchev–Trinajstić information content (AvgIpc) is 3.40. The monoisotopic (exact) mass is 705 g/mol. The molecule has 6 rings (SSSR count). The highest BCUT2D eigenvalue weighted by Gasteiger charge is 2.31. The lowest BCUT2D eigenvalue weighted by Gasteiger charge is -2.18. The maximum atomic E-state index is 13.3. The number of alkyl halides is 6. The van der Waals surface area contributed by atoms with Crippen molar-refractivity contribution in [2.24, 2.45) is 21.5 Å². The minimum absolute atomic E-state index is 0.0145. The summed E-state index contributed by atoms with van der Waals surface area (Å²) >= 11 is 6.43. The summed E-state index contributed by atoms with van der Waals surface area (Å²) in [6.07, 6.45) is -7.61. The van der Waals surface area contributed by atoms with Crippen LogP contribution in [0.4, 0.5) is 37.7 Å². The summed E-state index contributed by atoms with van der Waals surface area (Å²) < 4.78 is 82.1. The molecule has 0 bridgehead atoms. The van der Waals surface area contributed by atoms with E-state index in [-0.39, 0.29) is 29.1 Å². The number of fused-ring (bicyclic) bond motifs is 3. The molecular formula is C38H30ClF6N5. The largest absolute Gasteiger partial charge is 0.416 e. The third-order valence-electron chi connectivity index (χ3n) is 8.47. The summed E-state index contributed by atoms with van der Waals surface area (Å²) in [5.74, 6) is 0.0290. The first-order chi connectivity index (χ1) is 23.7. The number of hydrogen-bond donors (Lipinski definition) is 2. The Bertz CT molecular complexity index is 2140. The summed E-state index contributed by atoms with van der Waals surface area (Å²) in [5, 5.41) is 2.21. The van der Waals surface area contributed by atoms with Crippen LogP contribution in [0.3, 0.4) is 0 Å². The fraction of sp³-hybridized carbons (Fsp3) is 0.158. The smallest absolute Gasteiger partial charge is 0.383 e. The number of rotatable bonds is 8. The van der Waals surface area contributed by atoms with Crippen molar-refractivity contribution in [1.82, 2.24) is 4.57 Å². The molecule has 4 N–H and O–H groups in total. The van der Waals surface area contributed by atoms with Crippen LogP contribution in [0.5, 0.6) is 0 Å². The second-order valence-electron chi connectivity index (χ2n) is 11.9. The Balaban J connectivity index is 1.45. The number of amidine groups is 2. The van der Waals surface area contributed by atoms with Gasteiger partial charge in [-0.3, -0.25) is 0 Å². The third kappa shape index (κ3) is 7.33. The Morgan fingerprint density at radius 2 is 1.14 bits per heavy atom. The van der Waals surface area contributed by atoms with Crippen molar-refractivity contribution >= 4 is 56.5 Å². The van der Waals surface area contributed by atoms with Gasteiger partial charge in [0.2, 0.25) is 0 Å². The minimum Gasteiger partial charge on any atom is -0.383 e. The molecule has 0 aliphatic heterocycles. The molecule has 1 unspecified atom stereocenters. The van der Waals surface area contributed by atoms with Crippen LogP contribution in [0, 0.1) is 0 Å². The minimum atomic E-state index is -4.53. The van der Waals surface area contributed by atoms with Gasteiger partial charge in [0.05, 0.1) is 22.5 Å². The second kappa shape index (κ2) is 13.5. The quantitative estimate of drug-likeness (QED) is 0.0939. The van der Waals surface area contributed by atoms with Crippen LogP contribution < -0.4 is 11.5 Å². The third-order valence-corrected chi connectivity index (χ3v) is 8.84. The molecule has 0 spiro atoms. The Morgan fingerprint density at radius 3 is 1.60 bits per heavy atom. The molecule has 0 saturated heterocycles. The van der Waals surface area contributed by atoms with Crippen LogP contribution in [-0.4, -0.2) is 16.2 Å². The SMILES string of the molecule is CC(CCc1ccccc1Cl)n1c2ccc(C(N)=Nc3cccc(C(F)(F)F)c3)cc2c2cc(C(N)=Nc3cccc(C(F)(F)F)c3)ccc21. The molecule has 12 heteroatoms. The van der Waals surface area contributed by atoms with E-state index in [1.54, 1.807) is 12.1 Å². The maximum Gasteiger partial charge on any atom is 0.416 e. The molecule has 0 aliphatic carbocycles. The van der Waals surface area contributed by atoms with Crippen LogP contribution in [0.2, 0.25) is 5.02 Å². The van der Waals surface area contributed by atoms with Crippen molar-refractivity contribution in [3.05, 3.63) is 142 Å². The van der Waals surface area contributed by atoms with Crippen molar-refractivity contribution < 1.29 is 26.3 Å². The Hall–Kier alpha value is -5.29. The van der Waals surface area contributed by atoms with Crippen LogP contribution in [0.25, 0.3) is 21.8 Å². The molecule has 1 aromatic heterocycles. The molecule has 50 heavy (non-hydrogen) atoms. The Labute approximate surface area is 288 Å². The molecule has 0 aliphatic rings. The van der Waals surface area contributed by atoms with Gasteiger partial charge in [-0.1, -0.05) is 41.9 Å². The molecule has 5 nitrogen and oxygen atoms in total. The van der Waals surface area contributed by atoms with E-state index >= 15 is 0 Å². The van der Waals surface area contributed by atoms with E-state index in [0.29, 0.717) is 22.6 Å². The van der Waals surface area contributed by atoms with Gasteiger partial charge in [-0.05, 0) is 104 Å². The normalized spacial score (nSPS) is 13.7. The summed E-state index contributed by atoms with van der Waals surface area (Å²) in [4.78, 5) is 8.55. The van der Waals surface area contributed by atoms with Crippen molar-refractivity contribution in [3.63, 3.8) is 0 Å². The molecular weight excluding hydrogens is 676 g/mol. The highest BCUT2D eigenvalue weighted by atomic mass is 35.5. The van der Waals surface area contributed by atoms with Gasteiger partial charge in [0.15, 0.2) is 0 Å². The van der Waals surface area contributed by atoms with E-state index in [2.05, 4.69) is 21.5 Å². The van der Waals surface area contributed by atoms with Crippen LogP contribution in [-0.2, 0) is 18.8 Å². The molecule has 0 fully saturated rings. The zero-order valence-electron chi connectivity index (χ0n) is 26.5. The summed E-state index contributed by atoms with van der Waals surface area (Å²) in [6.45, 7) is 2.09. The fourth-order valence-electron chi connectivity index (χ4n) is 5.95. The van der Waals surface area contributed by atoms with Crippen molar-refractivity contribution in [1.29, 1.82) is 0 Å². The molecule has 1 heterocycles. The van der Waals surface area contributed by atoms with Crippen LogP contribution in [0.15, 0.2) is 119 Å². The molecule has 0 saturated carbocycles. The van der Waals surface area contributed by atoms with E-state index in [9.17, 15) is 26.3 Å². The number of benzene rings is 5. The van der Waals surface area contributed by atoms with Gasteiger partial charge in [-0.15, -0.1) is 0 Å². The van der Waals surface area contributed by atoms with E-state index in [1.807, 2.05) is 48.5 Å². The zero-order valence-corrected chi connectivity index (χ0v) is 27.3. The fourth-order valence-corrected chi connectivity index (χ4v) is 6.18. The van der Waals surface area contributed by atoms with Gasteiger partial charge in [-0.2, -0.15) is 26.3 Å². The number of nitrogens with two attached hydrogens (primary N) is 2. The number of aromatic nitrogens is 1. The first kappa shape index (κ1) is 34.6. The number of nitrogens with zero attached hydrogens (tertiary/aromatic N) is 3. The van der Waals surface area contributed by atoms with Crippen molar-refractivity contribution in [2.45, 2.75) is 38.2 Å². The lowest BCUT2D eigenvalue weighted by atomic mass is 10.1. The molecule has 256 valence electrons. The van der Waals surface area contributed by atoms with Crippen molar-refractivity contribution in [3.8, 4) is 0 Å². The van der Waals surface area contributed by atoms with E-state index in [1.165, 1.54) is 24.3 Å². The van der Waals surface area contributed by atoms with Gasteiger partial charge < -0.3 is 16.0 Å². The van der Waals surface area contributed by atoms with Crippen LogP contribution >= 0.6 is 11.6 Å². The first-order valence-corrected chi connectivity index (χ1v) is 15.9. The highest BCUT2D eigenvalue weighted by Crippen LogP contribution is 2.36. The van der Waals surface area contributed by atoms with Gasteiger partial charge in [-0.25, -0.2) is 9.98 Å². The first-order valence-electron chi connectivity index (χ1n) is 15.5. The van der Waals surface area contributed by atoms with Gasteiger partial charge in [0.25, 0.3) is 0 Å². The summed E-state index contributed by atoms with van der Waals surface area (Å²) in [5.41, 5.74) is 14.8. The maximum absolute atomic E-state index is 13.3. The lowest BCUT2D eigenvalue weighted by Crippen LogP contribution is -2.13. The Morgan fingerprint density at radius 1 is 0.660 bits per heavy atom. The molecule has 5 aromatic carbocycles. The molecule has 1 atom stereocenters. The van der Waals surface area contributed by atoms with Crippen molar-refractivity contribution in [2.75, 3.05) is 0 Å². The standard InChI is InChI=1S/C38H30ClF6N5/c1-22(12-13-23-6-2-3-11-32(23)39)50-33-16-14-24(35(46)48-28-9-4-7-26(20-28)37(40,41)42)18-30(33)31-19-25(15-17-34(31)50)36(47)49-29-10-5-8-27(21-29)38(43,44)45/h2-11,14-22H,12-13H2,1H3,(H2,46,48)(H2,47,49). The lowest BCUT2D eigenvalue weighted by molar-refractivity contribution is -0.138. The van der Waals surface area contributed by atoms with E-state index in [4.69, 9.17) is 23.1 Å². The Kier molecular flexibility index (Phi) is 9.37. The summed E-state index contributed by atoms with van der Waals surface area (Å²) in [6, 6.07) is 27.7. The molecule has 6 aromatic rings. The molecule has 0 amide bonds. The van der Waals surface area contributed by atoms with E-state index in [0.717, 1.165) is 58.1 Å². The number of aryl methyl sites for hydroxylation is 1. The average molecular weight is 706 g/mol. The van der Waals surface area contributed by atoms with Gasteiger partial charge >= 0.3 is 12.4 Å². The zero-order chi connectivity index (χ0) is 35.8. The van der Waals surface area contributed by atoms with Gasteiger partial charge in [0.1, 0.15) is 11.7 Å². The number of hydrogen-bond acceptors (Lipinski definition) is 2. The number of aliphatic imine (C=N–C) groups is 2. The highest BCUT2D eigenvalue weighted by molar-refractivity contribution is 6.31. The summed E-state index contributed by atoms with van der Waals surface area (Å²) in [7, 11) is 0. The van der Waals surface area contributed by atoms with Gasteiger partial charge in [0, 0.05) is 44.0 Å². The van der Waals surface area contributed by atoms with Crippen LogP contribution in [0.1, 0.15) is 47.2 Å². The molecule has 0 radical (unpaired) electrons. The van der Waals surface area contributed by atoms with E-state index < -0.39 is 23.5 Å². The predicted molar refractivity (Wildman–Crippen MR) is 188 cm³/mol. The predicted octanol–water partition coefficient (Wildman–Crippen LogP) is 10.8. The number of halogens is 7. The topological polar surface area (TPSA) is 81.7 Å². The second-order valence-corrected chi connectivity index (χ2v) is 12.3.